The van der Waals surface area contributed by atoms with E-state index in [2.05, 4.69) is 40.5 Å². The summed E-state index contributed by atoms with van der Waals surface area (Å²) in [6.07, 6.45) is 0. The van der Waals surface area contributed by atoms with Gasteiger partial charge in [-0.15, -0.1) is 0 Å². The number of rotatable bonds is 11. The summed E-state index contributed by atoms with van der Waals surface area (Å²) in [6.45, 7) is 0. The van der Waals surface area contributed by atoms with Crippen LogP contribution in [0.5, 0.6) is 11.5 Å². The third-order valence-corrected chi connectivity index (χ3v) is 8.97. The van der Waals surface area contributed by atoms with Crippen LogP contribution >= 0.6 is 21.6 Å². The number of ether oxygens (including phenoxy) is 2. The van der Waals surface area contributed by atoms with E-state index in [1.165, 1.54) is 0 Å². The number of nitrogen functional groups attached to an aromatic ring is 2. The lowest BCUT2D eigenvalue weighted by Gasteiger charge is -2.13. The highest BCUT2D eigenvalue weighted by Crippen LogP contribution is 2.44. The van der Waals surface area contributed by atoms with Gasteiger partial charge in [0, 0.05) is 20.9 Å². The second kappa shape index (κ2) is 14.0. The summed E-state index contributed by atoms with van der Waals surface area (Å²) in [7, 11) is 6.37. The van der Waals surface area contributed by atoms with Crippen LogP contribution in [0, 0.1) is 0 Å². The number of nitrogens with one attached hydrogen (secondary N) is 2. The van der Waals surface area contributed by atoms with Crippen LogP contribution in [0.1, 0.15) is 0 Å². The first-order chi connectivity index (χ1) is 22.5. The van der Waals surface area contributed by atoms with Crippen molar-refractivity contribution in [3.8, 4) is 34.3 Å². The molecule has 0 aliphatic heterocycles. The van der Waals surface area contributed by atoms with E-state index in [-0.39, 0.29) is 11.9 Å². The van der Waals surface area contributed by atoms with Gasteiger partial charge in [-0.3, -0.25) is 0 Å². The van der Waals surface area contributed by atoms with E-state index in [1.54, 1.807) is 35.8 Å². The van der Waals surface area contributed by atoms with Gasteiger partial charge in [-0.25, -0.2) is 0 Å². The third kappa shape index (κ3) is 7.36. The molecule has 2 heterocycles. The van der Waals surface area contributed by atoms with E-state index in [0.717, 1.165) is 43.8 Å². The maximum atomic E-state index is 6.05. The molecule has 2 aromatic heterocycles. The molecular formula is C32H28N10O2S2. The van der Waals surface area contributed by atoms with E-state index < -0.39 is 0 Å². The maximum absolute atomic E-state index is 6.05. The van der Waals surface area contributed by atoms with E-state index in [1.807, 2.05) is 97.1 Å². The maximum Gasteiger partial charge on any atom is 0.232 e. The quantitative estimate of drug-likeness (QED) is 0.107. The lowest BCUT2D eigenvalue weighted by atomic mass is 10.2. The van der Waals surface area contributed by atoms with Gasteiger partial charge in [0.2, 0.25) is 23.8 Å². The smallest absolute Gasteiger partial charge is 0.232 e. The second-order valence-corrected chi connectivity index (χ2v) is 11.8. The molecule has 230 valence electrons. The molecule has 12 nitrogen and oxygen atoms in total. The summed E-state index contributed by atoms with van der Waals surface area (Å²) in [5, 5.41) is 6.61. The first kappa shape index (κ1) is 30.4. The van der Waals surface area contributed by atoms with Crippen LogP contribution in [-0.4, -0.2) is 44.1 Å². The summed E-state index contributed by atoms with van der Waals surface area (Å²) in [5.41, 5.74) is 15.3. The van der Waals surface area contributed by atoms with Gasteiger partial charge in [0.1, 0.15) is 11.5 Å². The highest BCUT2D eigenvalue weighted by molar-refractivity contribution is 8.76. The number of nitrogens with zero attached hydrogens (tertiary/aromatic N) is 6. The lowest BCUT2D eigenvalue weighted by Crippen LogP contribution is -2.05. The standard InChI is InChI=1S/C32H28N10O2S2/c1-43-21-15-11-19(12-16-21)27-37-29(33)41-31(39-27)35-23-7-3-5-9-25(23)45-46-26-10-6-4-8-24(26)36-32-40-28(38-30(34)42-32)20-13-17-22(44-2)18-14-20/h3-18H,1-2H3,(H3,33,35,37,39,41)(H3,34,36,38,40,42). The molecule has 6 aromatic rings. The van der Waals surface area contributed by atoms with Crippen molar-refractivity contribution in [1.82, 2.24) is 29.9 Å². The number of aromatic nitrogens is 6. The Hall–Kier alpha value is -5.60. The fourth-order valence-electron chi connectivity index (χ4n) is 4.25. The number of para-hydroxylation sites is 2. The second-order valence-electron chi connectivity index (χ2n) is 9.55. The Morgan fingerprint density at radius 3 is 1.28 bits per heavy atom. The highest BCUT2D eigenvalue weighted by Gasteiger charge is 2.13. The summed E-state index contributed by atoms with van der Waals surface area (Å²) in [4.78, 5) is 28.4. The molecule has 0 atom stereocenters. The molecule has 14 heteroatoms. The molecule has 0 saturated carbocycles. The zero-order valence-electron chi connectivity index (χ0n) is 24.7. The van der Waals surface area contributed by atoms with E-state index >= 15 is 0 Å². The number of benzene rings is 4. The monoisotopic (exact) mass is 648 g/mol. The number of anilines is 6. The summed E-state index contributed by atoms with van der Waals surface area (Å²) >= 11 is 0. The summed E-state index contributed by atoms with van der Waals surface area (Å²) < 4.78 is 10.5. The molecular weight excluding hydrogens is 621 g/mol. The number of hydrogen-bond donors (Lipinski definition) is 4. The largest absolute Gasteiger partial charge is 0.497 e. The van der Waals surface area contributed by atoms with E-state index in [9.17, 15) is 0 Å². The Bertz CT molecular complexity index is 1820. The first-order valence-electron chi connectivity index (χ1n) is 13.9. The zero-order chi connectivity index (χ0) is 31.9. The minimum atomic E-state index is 0.108. The van der Waals surface area contributed by atoms with Gasteiger partial charge >= 0.3 is 0 Å². The minimum Gasteiger partial charge on any atom is -0.497 e. The van der Waals surface area contributed by atoms with Gasteiger partial charge in [0.25, 0.3) is 0 Å². The molecule has 6 rings (SSSR count). The van der Waals surface area contributed by atoms with Crippen LogP contribution in [0.2, 0.25) is 0 Å². The Balaban J connectivity index is 1.19. The van der Waals surface area contributed by atoms with Crippen LogP contribution in [0.3, 0.4) is 0 Å². The topological polar surface area (TPSA) is 172 Å². The fourth-order valence-corrected chi connectivity index (χ4v) is 6.53. The van der Waals surface area contributed by atoms with E-state index in [0.29, 0.717) is 23.5 Å². The molecule has 4 aromatic carbocycles. The lowest BCUT2D eigenvalue weighted by molar-refractivity contribution is 0.414. The molecule has 0 amide bonds. The molecule has 0 unspecified atom stereocenters. The van der Waals surface area contributed by atoms with Crippen LogP contribution < -0.4 is 31.6 Å². The average molecular weight is 649 g/mol. The van der Waals surface area contributed by atoms with Crippen LogP contribution in [0.25, 0.3) is 22.8 Å². The number of methoxy groups -OCH3 is 2. The van der Waals surface area contributed by atoms with Crippen molar-refractivity contribution in [2.24, 2.45) is 0 Å². The molecule has 0 radical (unpaired) electrons. The number of hydrogen-bond acceptors (Lipinski definition) is 14. The third-order valence-electron chi connectivity index (χ3n) is 6.49. The van der Waals surface area contributed by atoms with Gasteiger partial charge < -0.3 is 31.6 Å². The van der Waals surface area contributed by atoms with Gasteiger partial charge in [0.15, 0.2) is 11.6 Å². The van der Waals surface area contributed by atoms with Gasteiger partial charge in [-0.2, -0.15) is 29.9 Å². The van der Waals surface area contributed by atoms with Crippen molar-refractivity contribution in [2.45, 2.75) is 9.79 Å². The summed E-state index contributed by atoms with van der Waals surface area (Å²) in [6, 6.07) is 30.6. The molecule has 0 spiro atoms. The van der Waals surface area contributed by atoms with Crippen LogP contribution in [0.4, 0.5) is 35.2 Å². The van der Waals surface area contributed by atoms with Gasteiger partial charge in [-0.05, 0) is 72.8 Å². The van der Waals surface area contributed by atoms with Crippen LogP contribution in [0.15, 0.2) is 107 Å². The van der Waals surface area contributed by atoms with Crippen molar-refractivity contribution < 1.29 is 9.47 Å². The molecule has 46 heavy (non-hydrogen) atoms. The molecule has 0 aliphatic carbocycles. The van der Waals surface area contributed by atoms with Gasteiger partial charge in [-0.1, -0.05) is 45.9 Å². The molecule has 0 saturated heterocycles. The van der Waals surface area contributed by atoms with E-state index in [4.69, 9.17) is 20.9 Å². The van der Waals surface area contributed by atoms with Crippen molar-refractivity contribution in [1.29, 1.82) is 0 Å². The van der Waals surface area contributed by atoms with Crippen molar-refractivity contribution in [3.63, 3.8) is 0 Å². The summed E-state index contributed by atoms with van der Waals surface area (Å²) in [5.74, 6) is 3.25. The molecule has 0 aliphatic rings. The predicted octanol–water partition coefficient (Wildman–Crippen LogP) is 6.86. The highest BCUT2D eigenvalue weighted by atomic mass is 33.1. The van der Waals surface area contributed by atoms with Crippen molar-refractivity contribution in [2.75, 3.05) is 36.3 Å². The minimum absolute atomic E-state index is 0.108. The normalized spacial score (nSPS) is 10.7. The van der Waals surface area contributed by atoms with Crippen molar-refractivity contribution in [3.05, 3.63) is 97.1 Å². The first-order valence-corrected chi connectivity index (χ1v) is 16.0. The Labute approximate surface area is 272 Å². The van der Waals surface area contributed by atoms with Crippen molar-refractivity contribution >= 4 is 56.8 Å². The van der Waals surface area contributed by atoms with Crippen LogP contribution in [-0.2, 0) is 0 Å². The molecule has 0 fully saturated rings. The van der Waals surface area contributed by atoms with Gasteiger partial charge in [0.05, 0.1) is 25.6 Å². The Morgan fingerprint density at radius 1 is 0.500 bits per heavy atom. The average Bonchev–Trinajstić information content (AvgIpc) is 3.08. The number of nitrogens with two attached hydrogens (primary N) is 2. The SMILES string of the molecule is COc1ccc(-c2nc(N)nc(Nc3ccccc3SSc3ccccc3Nc3nc(N)nc(-c4ccc(OC)cc4)n3)n2)cc1. The fraction of sp³-hybridized carbons (Fsp3) is 0.0625. The Kier molecular flexibility index (Phi) is 9.27. The Morgan fingerprint density at radius 2 is 0.891 bits per heavy atom. The molecule has 6 N–H and O–H groups in total. The zero-order valence-corrected chi connectivity index (χ0v) is 26.3. The predicted molar refractivity (Wildman–Crippen MR) is 184 cm³/mol. The molecule has 0 bridgehead atoms.